The molecule has 0 bridgehead atoms. The molecule has 0 unspecified atom stereocenters. The van der Waals surface area contributed by atoms with Gasteiger partial charge in [-0.1, -0.05) is 54.6 Å². The number of nitrogens with one attached hydrogen (secondary N) is 1. The van der Waals surface area contributed by atoms with Crippen molar-refractivity contribution in [2.45, 2.75) is 20.8 Å². The van der Waals surface area contributed by atoms with E-state index in [0.717, 1.165) is 28.1 Å². The fraction of sp³-hybridized carbons (Fsp3) is 0.185. The maximum Gasteiger partial charge on any atom is 0.278 e. The molecule has 5 nitrogen and oxygen atoms in total. The van der Waals surface area contributed by atoms with Gasteiger partial charge in [-0.15, -0.1) is 0 Å². The van der Waals surface area contributed by atoms with Gasteiger partial charge in [0.25, 0.3) is 11.8 Å². The highest BCUT2D eigenvalue weighted by atomic mass is 16.5. The van der Waals surface area contributed by atoms with E-state index < -0.39 is 0 Å². The van der Waals surface area contributed by atoms with Crippen LogP contribution in [0, 0.1) is 20.8 Å². The third-order valence-electron chi connectivity index (χ3n) is 5.41. The predicted octanol–water partition coefficient (Wildman–Crippen LogP) is 4.88. The molecule has 0 fully saturated rings. The number of hydrogen-bond acceptors (Lipinski definition) is 4. The highest BCUT2D eigenvalue weighted by Gasteiger charge is 2.39. The van der Waals surface area contributed by atoms with Crippen molar-refractivity contribution in [3.63, 3.8) is 0 Å². The Morgan fingerprint density at radius 3 is 2.16 bits per heavy atom. The minimum atomic E-state index is -0.346. The number of anilines is 1. The van der Waals surface area contributed by atoms with Crippen molar-refractivity contribution < 1.29 is 14.3 Å². The number of ether oxygens (including phenoxy) is 1. The standard InChI is InChI=1S/C27H26N2O3/c1-18-15-19(2)17-22(16-18)32-14-13-29-26(30)24(21-10-5-4-6-11-21)25(27(29)31)28-23-12-8-7-9-20(23)3/h4-12,15-17,28H,13-14H2,1-3H3. The SMILES string of the molecule is Cc1cc(C)cc(OCCN2C(=O)C(Nc3ccccc3C)=C(c3ccccc3)C2=O)c1. The Labute approximate surface area is 188 Å². The van der Waals surface area contributed by atoms with E-state index in [1.165, 1.54) is 4.90 Å². The summed E-state index contributed by atoms with van der Waals surface area (Å²) in [5.41, 5.74) is 5.37. The Hall–Kier alpha value is -3.86. The normalized spacial score (nSPS) is 13.7. The number of carbonyl (C=O) groups excluding carboxylic acids is 2. The van der Waals surface area contributed by atoms with Crippen LogP contribution in [0.4, 0.5) is 5.69 Å². The number of amides is 2. The lowest BCUT2D eigenvalue weighted by atomic mass is 10.0. The van der Waals surface area contributed by atoms with Gasteiger partial charge in [-0.25, -0.2) is 0 Å². The van der Waals surface area contributed by atoms with E-state index in [-0.39, 0.29) is 25.0 Å². The summed E-state index contributed by atoms with van der Waals surface area (Å²) < 4.78 is 5.85. The lowest BCUT2D eigenvalue weighted by Crippen LogP contribution is -2.36. The second kappa shape index (κ2) is 9.10. The van der Waals surface area contributed by atoms with Crippen molar-refractivity contribution in [2.75, 3.05) is 18.5 Å². The highest BCUT2D eigenvalue weighted by Crippen LogP contribution is 2.31. The van der Waals surface area contributed by atoms with Crippen molar-refractivity contribution in [1.29, 1.82) is 0 Å². The monoisotopic (exact) mass is 426 g/mol. The maximum absolute atomic E-state index is 13.3. The third kappa shape index (κ3) is 4.42. The number of benzene rings is 3. The fourth-order valence-corrected chi connectivity index (χ4v) is 3.89. The number of rotatable bonds is 7. The van der Waals surface area contributed by atoms with E-state index in [0.29, 0.717) is 16.8 Å². The van der Waals surface area contributed by atoms with Crippen LogP contribution in [-0.4, -0.2) is 29.9 Å². The van der Waals surface area contributed by atoms with Crippen molar-refractivity contribution >= 4 is 23.1 Å². The zero-order valence-electron chi connectivity index (χ0n) is 18.5. The molecule has 4 rings (SSSR count). The van der Waals surface area contributed by atoms with Crippen LogP contribution in [0.3, 0.4) is 0 Å². The Balaban J connectivity index is 1.58. The smallest absolute Gasteiger partial charge is 0.278 e. The second-order valence-corrected chi connectivity index (χ2v) is 7.99. The molecule has 1 aliphatic heterocycles. The van der Waals surface area contributed by atoms with Crippen LogP contribution in [0.5, 0.6) is 5.75 Å². The van der Waals surface area contributed by atoms with Crippen LogP contribution >= 0.6 is 0 Å². The Kier molecular flexibility index (Phi) is 6.08. The minimum Gasteiger partial charge on any atom is -0.492 e. The first-order valence-corrected chi connectivity index (χ1v) is 10.6. The molecule has 3 aromatic rings. The first-order chi connectivity index (χ1) is 15.4. The summed E-state index contributed by atoms with van der Waals surface area (Å²) in [6, 6.07) is 22.9. The molecule has 0 atom stereocenters. The zero-order valence-corrected chi connectivity index (χ0v) is 18.5. The molecule has 1 aliphatic rings. The molecule has 1 N–H and O–H groups in total. The maximum atomic E-state index is 13.3. The van der Waals surface area contributed by atoms with Crippen LogP contribution in [-0.2, 0) is 9.59 Å². The summed E-state index contributed by atoms with van der Waals surface area (Å²) in [5, 5.41) is 3.22. The van der Waals surface area contributed by atoms with Crippen LogP contribution < -0.4 is 10.1 Å². The molecule has 1 heterocycles. The fourth-order valence-electron chi connectivity index (χ4n) is 3.89. The lowest BCUT2D eigenvalue weighted by molar-refractivity contribution is -0.137. The number of para-hydroxylation sites is 1. The van der Waals surface area contributed by atoms with Gasteiger partial charge >= 0.3 is 0 Å². The van der Waals surface area contributed by atoms with Crippen molar-refractivity contribution in [2.24, 2.45) is 0 Å². The summed E-state index contributed by atoms with van der Waals surface area (Å²) >= 11 is 0. The van der Waals surface area contributed by atoms with Gasteiger partial charge in [0.1, 0.15) is 18.1 Å². The lowest BCUT2D eigenvalue weighted by Gasteiger charge is -2.16. The topological polar surface area (TPSA) is 58.6 Å². The molecular weight excluding hydrogens is 400 g/mol. The van der Waals surface area contributed by atoms with E-state index in [9.17, 15) is 9.59 Å². The van der Waals surface area contributed by atoms with Crippen LogP contribution in [0.15, 0.2) is 78.5 Å². The predicted molar refractivity (Wildman–Crippen MR) is 126 cm³/mol. The van der Waals surface area contributed by atoms with E-state index >= 15 is 0 Å². The molecule has 0 radical (unpaired) electrons. The first-order valence-electron chi connectivity index (χ1n) is 10.6. The summed E-state index contributed by atoms with van der Waals surface area (Å²) in [7, 11) is 0. The van der Waals surface area contributed by atoms with E-state index in [4.69, 9.17) is 4.74 Å². The number of nitrogens with zero attached hydrogens (tertiary/aromatic N) is 1. The highest BCUT2D eigenvalue weighted by molar-refractivity contribution is 6.36. The molecule has 0 saturated carbocycles. The number of carbonyl (C=O) groups is 2. The largest absolute Gasteiger partial charge is 0.492 e. The quantitative estimate of drug-likeness (QED) is 0.547. The average molecular weight is 427 g/mol. The van der Waals surface area contributed by atoms with Crippen molar-refractivity contribution in [3.8, 4) is 5.75 Å². The summed E-state index contributed by atoms with van der Waals surface area (Å²) in [4.78, 5) is 27.9. The van der Waals surface area contributed by atoms with E-state index in [1.54, 1.807) is 0 Å². The molecule has 0 aliphatic carbocycles. The van der Waals surface area contributed by atoms with E-state index in [2.05, 4.69) is 11.4 Å². The van der Waals surface area contributed by atoms with Gasteiger partial charge < -0.3 is 10.1 Å². The average Bonchev–Trinajstić information content (AvgIpc) is 2.99. The van der Waals surface area contributed by atoms with Gasteiger partial charge in [0, 0.05) is 5.69 Å². The molecule has 162 valence electrons. The van der Waals surface area contributed by atoms with Gasteiger partial charge in [0.05, 0.1) is 12.1 Å². The Bertz CT molecular complexity index is 1180. The molecular formula is C27H26N2O3. The Morgan fingerprint density at radius 2 is 1.47 bits per heavy atom. The number of aryl methyl sites for hydroxylation is 3. The van der Waals surface area contributed by atoms with Gasteiger partial charge in [-0.05, 0) is 61.2 Å². The molecule has 3 aromatic carbocycles. The summed E-state index contributed by atoms with van der Waals surface area (Å²) in [6.07, 6.45) is 0. The molecule has 5 heteroatoms. The van der Waals surface area contributed by atoms with Crippen molar-refractivity contribution in [1.82, 2.24) is 4.90 Å². The molecule has 2 amide bonds. The minimum absolute atomic E-state index is 0.167. The first kappa shape index (κ1) is 21.4. The summed E-state index contributed by atoms with van der Waals surface area (Å²) in [6.45, 7) is 6.36. The second-order valence-electron chi connectivity index (χ2n) is 7.99. The number of imide groups is 1. The third-order valence-corrected chi connectivity index (χ3v) is 5.41. The van der Waals surface area contributed by atoms with Crippen LogP contribution in [0.1, 0.15) is 22.3 Å². The number of hydrogen-bond donors (Lipinski definition) is 1. The Morgan fingerprint density at radius 1 is 0.812 bits per heavy atom. The van der Waals surface area contributed by atoms with Crippen LogP contribution in [0.2, 0.25) is 0 Å². The van der Waals surface area contributed by atoms with Crippen LogP contribution in [0.25, 0.3) is 5.57 Å². The van der Waals surface area contributed by atoms with Crippen molar-refractivity contribution in [3.05, 3.63) is 101 Å². The summed E-state index contributed by atoms with van der Waals surface area (Å²) in [5.74, 6) is 0.0681. The van der Waals surface area contributed by atoms with Gasteiger partial charge in [-0.3, -0.25) is 14.5 Å². The molecule has 32 heavy (non-hydrogen) atoms. The van der Waals surface area contributed by atoms with Gasteiger partial charge in [0.15, 0.2) is 0 Å². The van der Waals surface area contributed by atoms with Gasteiger partial charge in [0.2, 0.25) is 0 Å². The van der Waals surface area contributed by atoms with E-state index in [1.807, 2.05) is 87.5 Å². The molecule has 0 spiro atoms. The molecule has 0 aromatic heterocycles. The molecule has 0 saturated heterocycles. The zero-order chi connectivity index (χ0) is 22.7. The van der Waals surface area contributed by atoms with Gasteiger partial charge in [-0.2, -0.15) is 0 Å².